The van der Waals surface area contributed by atoms with Gasteiger partial charge in [-0.25, -0.2) is 4.98 Å². The van der Waals surface area contributed by atoms with E-state index in [-0.39, 0.29) is 47.9 Å². The number of nitrogens with zero attached hydrogens (tertiary/aromatic N) is 1. The predicted molar refractivity (Wildman–Crippen MR) is 180 cm³/mol. The maximum atomic E-state index is 11.8. The van der Waals surface area contributed by atoms with Crippen LogP contribution in [0.5, 0.6) is 11.6 Å². The van der Waals surface area contributed by atoms with Gasteiger partial charge in [0.05, 0.1) is 0 Å². The molecular weight excluding hydrogens is 723 g/mol. The number of ether oxygens (including phenoxy) is 1. The van der Waals surface area contributed by atoms with Crippen LogP contribution >= 0.6 is 0 Å². The van der Waals surface area contributed by atoms with Gasteiger partial charge in [0.2, 0.25) is 5.88 Å². The Balaban J connectivity index is 0.000000363. The van der Waals surface area contributed by atoms with E-state index < -0.39 is 0 Å². The predicted octanol–water partition coefficient (Wildman–Crippen LogP) is 11.0. The summed E-state index contributed by atoms with van der Waals surface area (Å²) >= 11 is 0. The SMILES string of the molecule is CCC(C)(C)C(=O)/C=C(\O)C(C)(C)CC.Cc1[c-]c(Oc2cc3cc(-c4ccccc4)ccc3cn2)cc(C(C)(C)C)c1.[Ir]. The summed E-state index contributed by atoms with van der Waals surface area (Å²) in [6.07, 6.45) is 4.85. The van der Waals surface area contributed by atoms with Crippen molar-refractivity contribution in [2.24, 2.45) is 10.8 Å². The Morgan fingerprint density at radius 1 is 0.841 bits per heavy atom. The topological polar surface area (TPSA) is 59.4 Å². The average molecular weight is 771 g/mol. The zero-order chi connectivity index (χ0) is 32.0. The first kappa shape index (κ1) is 36.9. The Labute approximate surface area is 278 Å². The summed E-state index contributed by atoms with van der Waals surface area (Å²) in [5.74, 6) is 1.48. The molecule has 1 N–H and O–H groups in total. The van der Waals surface area contributed by atoms with Gasteiger partial charge in [0.15, 0.2) is 5.78 Å². The minimum absolute atomic E-state index is 0. The minimum Gasteiger partial charge on any atom is -0.512 e. The molecule has 0 saturated carbocycles. The van der Waals surface area contributed by atoms with Crippen LogP contribution in [0.3, 0.4) is 0 Å². The molecule has 1 aromatic heterocycles. The molecule has 3 aromatic carbocycles. The third-order valence-corrected chi connectivity index (χ3v) is 8.26. The first-order valence-electron chi connectivity index (χ1n) is 15.2. The van der Waals surface area contributed by atoms with Crippen LogP contribution in [0.1, 0.15) is 86.3 Å². The van der Waals surface area contributed by atoms with Gasteiger partial charge in [-0.1, -0.05) is 112 Å². The molecule has 0 saturated heterocycles. The van der Waals surface area contributed by atoms with Gasteiger partial charge in [-0.3, -0.25) is 4.79 Å². The number of aryl methyl sites for hydroxylation is 1. The Kier molecular flexibility index (Phi) is 12.7. The fourth-order valence-electron chi connectivity index (χ4n) is 4.14. The van der Waals surface area contributed by atoms with E-state index in [1.54, 1.807) is 0 Å². The summed E-state index contributed by atoms with van der Waals surface area (Å²) in [4.78, 5) is 16.3. The molecule has 0 amide bonds. The number of aromatic nitrogens is 1. The molecule has 0 bridgehead atoms. The maximum absolute atomic E-state index is 11.8. The van der Waals surface area contributed by atoms with Crippen LogP contribution in [-0.2, 0) is 30.3 Å². The van der Waals surface area contributed by atoms with E-state index in [1.165, 1.54) is 22.8 Å². The van der Waals surface area contributed by atoms with E-state index in [0.717, 1.165) is 29.2 Å². The van der Waals surface area contributed by atoms with E-state index in [1.807, 2.05) is 66.8 Å². The van der Waals surface area contributed by atoms with Gasteiger partial charge >= 0.3 is 0 Å². The molecule has 0 aliphatic heterocycles. The summed E-state index contributed by atoms with van der Waals surface area (Å²) in [5.41, 5.74) is 4.05. The van der Waals surface area contributed by atoms with Crippen molar-refractivity contribution >= 4 is 16.6 Å². The van der Waals surface area contributed by atoms with Crippen molar-refractivity contribution in [1.29, 1.82) is 0 Å². The summed E-state index contributed by atoms with van der Waals surface area (Å²) in [6.45, 7) is 20.3. The van der Waals surface area contributed by atoms with Gasteiger partial charge < -0.3 is 9.84 Å². The fourth-order valence-corrected chi connectivity index (χ4v) is 4.14. The zero-order valence-electron chi connectivity index (χ0n) is 28.0. The number of aliphatic hydroxyl groups excluding tert-OH is 1. The zero-order valence-corrected chi connectivity index (χ0v) is 30.4. The summed E-state index contributed by atoms with van der Waals surface area (Å²) in [7, 11) is 0. The molecule has 0 fully saturated rings. The number of ketones is 1. The smallest absolute Gasteiger partial charge is 0.217 e. The Morgan fingerprint density at radius 2 is 1.48 bits per heavy atom. The molecule has 0 aliphatic rings. The van der Waals surface area contributed by atoms with Crippen LogP contribution in [0, 0.1) is 23.8 Å². The third kappa shape index (κ3) is 9.87. The van der Waals surface area contributed by atoms with Crippen molar-refractivity contribution in [2.75, 3.05) is 0 Å². The van der Waals surface area contributed by atoms with Gasteiger partial charge in [0, 0.05) is 60.4 Å². The van der Waals surface area contributed by atoms with Crippen molar-refractivity contribution in [3.05, 3.63) is 102 Å². The maximum Gasteiger partial charge on any atom is 0.217 e. The molecule has 0 atom stereocenters. The van der Waals surface area contributed by atoms with Crippen molar-refractivity contribution in [2.45, 2.75) is 87.5 Å². The summed E-state index contributed by atoms with van der Waals surface area (Å²) < 4.78 is 6.08. The molecule has 5 heteroatoms. The fraction of sp³-hybridized carbons (Fsp3) is 0.385. The van der Waals surface area contributed by atoms with E-state index in [0.29, 0.717) is 11.6 Å². The Bertz CT molecular complexity index is 1580. The second-order valence-corrected chi connectivity index (χ2v) is 13.6. The average Bonchev–Trinajstić information content (AvgIpc) is 2.96. The van der Waals surface area contributed by atoms with Gasteiger partial charge in [0.25, 0.3) is 0 Å². The van der Waals surface area contributed by atoms with Crippen LogP contribution in [0.4, 0.5) is 0 Å². The number of carbonyl (C=O) groups excluding carboxylic acids is 1. The quantitative estimate of drug-likeness (QED) is 0.110. The van der Waals surface area contributed by atoms with E-state index in [2.05, 4.69) is 86.4 Å². The monoisotopic (exact) mass is 771 g/mol. The molecule has 237 valence electrons. The van der Waals surface area contributed by atoms with E-state index in [9.17, 15) is 9.90 Å². The number of benzene rings is 3. The first-order chi connectivity index (χ1) is 20.1. The Morgan fingerprint density at radius 3 is 2.07 bits per heavy atom. The molecule has 44 heavy (non-hydrogen) atoms. The van der Waals surface area contributed by atoms with Crippen LogP contribution in [-0.4, -0.2) is 15.9 Å². The normalized spacial score (nSPS) is 12.2. The molecule has 4 nitrogen and oxygen atoms in total. The first-order valence-corrected chi connectivity index (χ1v) is 15.2. The molecule has 0 aliphatic carbocycles. The molecule has 1 radical (unpaired) electrons. The van der Waals surface area contributed by atoms with Crippen LogP contribution in [0.15, 0.2) is 84.8 Å². The minimum atomic E-state index is -0.377. The number of fused-ring (bicyclic) bond motifs is 1. The number of rotatable bonds is 8. The van der Waals surface area contributed by atoms with Crippen LogP contribution < -0.4 is 4.74 Å². The number of pyridine rings is 1. The van der Waals surface area contributed by atoms with E-state index >= 15 is 0 Å². The van der Waals surface area contributed by atoms with Crippen LogP contribution in [0.25, 0.3) is 21.9 Å². The largest absolute Gasteiger partial charge is 0.512 e. The van der Waals surface area contributed by atoms with Crippen LogP contribution in [0.2, 0.25) is 0 Å². The van der Waals surface area contributed by atoms with Gasteiger partial charge in [-0.2, -0.15) is 11.6 Å². The number of hydrogen-bond acceptors (Lipinski definition) is 4. The number of allylic oxidation sites excluding steroid dienone is 2. The number of hydrogen-bond donors (Lipinski definition) is 1. The second-order valence-electron chi connectivity index (χ2n) is 13.6. The molecule has 0 unspecified atom stereocenters. The van der Waals surface area contributed by atoms with Crippen molar-refractivity contribution in [1.82, 2.24) is 4.98 Å². The van der Waals surface area contributed by atoms with Crippen molar-refractivity contribution in [3.8, 4) is 22.8 Å². The summed E-state index contributed by atoms with van der Waals surface area (Å²) in [5, 5.41) is 12.0. The third-order valence-electron chi connectivity index (χ3n) is 8.26. The van der Waals surface area contributed by atoms with Gasteiger partial charge in [-0.15, -0.1) is 17.7 Å². The molecule has 4 rings (SSSR count). The van der Waals surface area contributed by atoms with E-state index in [4.69, 9.17) is 4.74 Å². The van der Waals surface area contributed by atoms with Gasteiger partial charge in [0.1, 0.15) is 5.76 Å². The molecular formula is C39H48IrNO3-. The van der Waals surface area contributed by atoms with Crippen molar-refractivity contribution < 1.29 is 34.7 Å². The number of aliphatic hydroxyl groups is 1. The summed E-state index contributed by atoms with van der Waals surface area (Å²) in [6, 6.07) is 26.3. The Hall–Kier alpha value is -3.27. The standard InChI is InChI=1S/C26H24NO.C13H24O2.Ir/c1-18-12-23(26(2,3)4)16-24(13-18)28-25-15-22-14-20(10-11-21(22)17-27-25)19-8-6-5-7-9-19;1-7-12(3,4)10(14)9-11(15)13(5,6)8-2;/h5-12,14-17H,1-4H3;9,14H,7-8H2,1-6H3;/q-1;;/b;10-9-;. The molecule has 4 aromatic rings. The van der Waals surface area contributed by atoms with Gasteiger partial charge in [-0.05, 0) is 40.8 Å². The second kappa shape index (κ2) is 15.1. The molecule has 0 spiro atoms. The molecule has 1 heterocycles. The van der Waals surface area contributed by atoms with Crippen molar-refractivity contribution in [3.63, 3.8) is 0 Å². The number of carbonyl (C=O) groups is 1.